The average molecular weight is 340 g/mol. The first-order valence-electron chi connectivity index (χ1n) is 9.13. The predicted octanol–water partition coefficient (Wildman–Crippen LogP) is 2.53. The average Bonchev–Trinajstić information content (AvgIpc) is 2.93. The van der Waals surface area contributed by atoms with E-state index in [0.717, 1.165) is 37.6 Å². The minimum atomic E-state index is 0.0701. The third kappa shape index (κ3) is 4.92. The number of nitrogens with zero attached hydrogens (tertiary/aromatic N) is 3. The normalized spacial score (nSPS) is 18.2. The van der Waals surface area contributed by atoms with E-state index in [-0.39, 0.29) is 5.91 Å². The molecular formula is C20H28N4O. The van der Waals surface area contributed by atoms with Crippen LogP contribution in [0, 0.1) is 19.8 Å². The topological polar surface area (TPSA) is 50.2 Å². The molecule has 0 spiro atoms. The summed E-state index contributed by atoms with van der Waals surface area (Å²) in [5.74, 6) is 0.604. The molecule has 0 aliphatic carbocycles. The minimum Gasteiger partial charge on any atom is -0.354 e. The highest BCUT2D eigenvalue weighted by molar-refractivity contribution is 5.75. The van der Waals surface area contributed by atoms with Crippen LogP contribution in [-0.4, -0.2) is 40.0 Å². The van der Waals surface area contributed by atoms with E-state index in [4.69, 9.17) is 0 Å². The Morgan fingerprint density at radius 3 is 2.80 bits per heavy atom. The molecule has 1 aromatic heterocycles. The van der Waals surface area contributed by atoms with Crippen molar-refractivity contribution in [3.8, 4) is 0 Å². The van der Waals surface area contributed by atoms with Gasteiger partial charge in [0.25, 0.3) is 0 Å². The second kappa shape index (κ2) is 8.30. The molecule has 1 N–H and O–H groups in total. The molecular weight excluding hydrogens is 312 g/mol. The Labute approximate surface area is 150 Å². The lowest BCUT2D eigenvalue weighted by atomic mass is 9.97. The maximum absolute atomic E-state index is 12.2. The number of nitrogens with one attached hydrogen (secondary N) is 1. The number of aryl methyl sites for hydroxylation is 1. The van der Waals surface area contributed by atoms with Gasteiger partial charge in [-0.25, -0.2) is 4.98 Å². The van der Waals surface area contributed by atoms with Crippen LogP contribution in [0.3, 0.4) is 0 Å². The number of imidazole rings is 1. The Morgan fingerprint density at radius 1 is 1.28 bits per heavy atom. The van der Waals surface area contributed by atoms with Gasteiger partial charge >= 0.3 is 0 Å². The number of hydrogen-bond acceptors (Lipinski definition) is 3. The summed E-state index contributed by atoms with van der Waals surface area (Å²) in [6, 6.07) is 10.6. The van der Waals surface area contributed by atoms with Gasteiger partial charge in [0.15, 0.2) is 0 Å². The van der Waals surface area contributed by atoms with E-state index in [0.29, 0.717) is 12.5 Å². The van der Waals surface area contributed by atoms with Gasteiger partial charge in [0, 0.05) is 25.3 Å². The lowest BCUT2D eigenvalue weighted by Crippen LogP contribution is -2.41. The van der Waals surface area contributed by atoms with E-state index in [9.17, 15) is 4.79 Å². The van der Waals surface area contributed by atoms with Gasteiger partial charge in [-0.05, 0) is 44.7 Å². The number of likely N-dealkylation sites (tertiary alicyclic amines) is 1. The van der Waals surface area contributed by atoms with Crippen molar-refractivity contribution in [2.45, 2.75) is 39.8 Å². The first-order valence-corrected chi connectivity index (χ1v) is 9.13. The fraction of sp³-hybridized carbons (Fsp3) is 0.500. The van der Waals surface area contributed by atoms with Crippen LogP contribution in [0.4, 0.5) is 0 Å². The highest BCUT2D eigenvalue weighted by Crippen LogP contribution is 2.18. The highest BCUT2D eigenvalue weighted by atomic mass is 16.1. The SMILES string of the molecule is Cc1ncn(CC(=O)NCC2CCCN(Cc3ccccc3)C2)c1C. The molecule has 1 amide bonds. The number of rotatable bonds is 6. The molecule has 134 valence electrons. The molecule has 1 aliphatic rings. The van der Waals surface area contributed by atoms with E-state index < -0.39 is 0 Å². The summed E-state index contributed by atoms with van der Waals surface area (Å²) in [5.41, 5.74) is 3.40. The van der Waals surface area contributed by atoms with Crippen molar-refractivity contribution in [3.63, 3.8) is 0 Å². The summed E-state index contributed by atoms with van der Waals surface area (Å²) in [7, 11) is 0. The van der Waals surface area contributed by atoms with Crippen LogP contribution < -0.4 is 5.32 Å². The van der Waals surface area contributed by atoms with Gasteiger partial charge in [0.1, 0.15) is 6.54 Å². The van der Waals surface area contributed by atoms with Crippen LogP contribution in [0.1, 0.15) is 29.8 Å². The minimum absolute atomic E-state index is 0.0701. The Balaban J connectivity index is 1.44. The maximum Gasteiger partial charge on any atom is 0.239 e. The van der Waals surface area contributed by atoms with Crippen molar-refractivity contribution >= 4 is 5.91 Å². The summed E-state index contributed by atoms with van der Waals surface area (Å²) in [6.07, 6.45) is 4.13. The standard InChI is InChI=1S/C20H28N4O/c1-16-17(2)24(15-22-16)14-20(25)21-11-19-9-6-10-23(13-19)12-18-7-4-3-5-8-18/h3-5,7-8,15,19H,6,9-14H2,1-2H3,(H,21,25). The van der Waals surface area contributed by atoms with Crippen LogP contribution in [0.2, 0.25) is 0 Å². The number of piperidine rings is 1. The Hall–Kier alpha value is -2.14. The molecule has 0 bridgehead atoms. The van der Waals surface area contributed by atoms with E-state index in [1.54, 1.807) is 6.33 Å². The quantitative estimate of drug-likeness (QED) is 0.879. The molecule has 1 atom stereocenters. The van der Waals surface area contributed by atoms with Crippen molar-refractivity contribution < 1.29 is 4.79 Å². The van der Waals surface area contributed by atoms with Gasteiger partial charge in [-0.1, -0.05) is 30.3 Å². The molecule has 3 rings (SSSR count). The largest absolute Gasteiger partial charge is 0.354 e. The lowest BCUT2D eigenvalue weighted by molar-refractivity contribution is -0.122. The summed E-state index contributed by atoms with van der Waals surface area (Å²) < 4.78 is 1.91. The van der Waals surface area contributed by atoms with Crippen molar-refractivity contribution in [2.24, 2.45) is 5.92 Å². The zero-order valence-electron chi connectivity index (χ0n) is 15.2. The number of carbonyl (C=O) groups is 1. The zero-order valence-corrected chi connectivity index (χ0v) is 15.2. The summed E-state index contributed by atoms with van der Waals surface area (Å²) in [5, 5.41) is 3.11. The fourth-order valence-corrected chi connectivity index (χ4v) is 3.48. The molecule has 2 heterocycles. The molecule has 1 unspecified atom stereocenters. The van der Waals surface area contributed by atoms with E-state index >= 15 is 0 Å². The van der Waals surface area contributed by atoms with Gasteiger partial charge < -0.3 is 9.88 Å². The van der Waals surface area contributed by atoms with Crippen molar-refractivity contribution in [3.05, 3.63) is 53.6 Å². The molecule has 5 heteroatoms. The monoisotopic (exact) mass is 340 g/mol. The van der Waals surface area contributed by atoms with Gasteiger partial charge in [-0.3, -0.25) is 9.69 Å². The van der Waals surface area contributed by atoms with Crippen molar-refractivity contribution in [1.29, 1.82) is 0 Å². The predicted molar refractivity (Wildman–Crippen MR) is 99.2 cm³/mol. The summed E-state index contributed by atoms with van der Waals surface area (Å²) >= 11 is 0. The number of hydrogen-bond donors (Lipinski definition) is 1. The third-order valence-corrected chi connectivity index (χ3v) is 5.10. The number of aromatic nitrogens is 2. The van der Waals surface area contributed by atoms with Gasteiger partial charge in [-0.15, -0.1) is 0 Å². The van der Waals surface area contributed by atoms with E-state index in [2.05, 4.69) is 45.5 Å². The van der Waals surface area contributed by atoms with Crippen LogP contribution in [0.25, 0.3) is 0 Å². The Morgan fingerprint density at radius 2 is 2.08 bits per heavy atom. The molecule has 1 aromatic carbocycles. The van der Waals surface area contributed by atoms with Crippen LogP contribution in [-0.2, 0) is 17.9 Å². The van der Waals surface area contributed by atoms with Crippen LogP contribution in [0.15, 0.2) is 36.7 Å². The molecule has 25 heavy (non-hydrogen) atoms. The van der Waals surface area contributed by atoms with Gasteiger partial charge in [0.2, 0.25) is 5.91 Å². The molecule has 5 nitrogen and oxygen atoms in total. The second-order valence-electron chi connectivity index (χ2n) is 7.08. The highest BCUT2D eigenvalue weighted by Gasteiger charge is 2.20. The van der Waals surface area contributed by atoms with E-state index in [1.807, 2.05) is 18.4 Å². The molecule has 0 radical (unpaired) electrons. The first kappa shape index (κ1) is 17.7. The Kier molecular flexibility index (Phi) is 5.87. The van der Waals surface area contributed by atoms with Crippen LogP contribution in [0.5, 0.6) is 0 Å². The molecule has 1 fully saturated rings. The van der Waals surface area contributed by atoms with Crippen molar-refractivity contribution in [1.82, 2.24) is 19.8 Å². The zero-order chi connectivity index (χ0) is 17.6. The van der Waals surface area contributed by atoms with E-state index in [1.165, 1.54) is 18.4 Å². The molecule has 1 saturated heterocycles. The summed E-state index contributed by atoms with van der Waals surface area (Å²) in [4.78, 5) is 19.0. The van der Waals surface area contributed by atoms with Crippen molar-refractivity contribution in [2.75, 3.05) is 19.6 Å². The second-order valence-corrected chi connectivity index (χ2v) is 7.08. The molecule has 0 saturated carbocycles. The number of amides is 1. The van der Waals surface area contributed by atoms with Gasteiger partial charge in [0.05, 0.1) is 12.0 Å². The fourth-order valence-electron chi connectivity index (χ4n) is 3.48. The van der Waals surface area contributed by atoms with Crippen LogP contribution >= 0.6 is 0 Å². The number of carbonyl (C=O) groups excluding carboxylic acids is 1. The Bertz CT molecular complexity index is 695. The maximum atomic E-state index is 12.2. The lowest BCUT2D eigenvalue weighted by Gasteiger charge is -2.32. The molecule has 2 aromatic rings. The first-order chi connectivity index (χ1) is 12.1. The third-order valence-electron chi connectivity index (χ3n) is 5.10. The molecule has 1 aliphatic heterocycles. The summed E-state index contributed by atoms with van der Waals surface area (Å²) in [6.45, 7) is 8.28. The number of benzene rings is 1. The smallest absolute Gasteiger partial charge is 0.239 e. The van der Waals surface area contributed by atoms with Gasteiger partial charge in [-0.2, -0.15) is 0 Å².